The van der Waals surface area contributed by atoms with Crippen LogP contribution in [0.5, 0.6) is 0 Å². The predicted molar refractivity (Wildman–Crippen MR) is 77.8 cm³/mol. The molecule has 0 bridgehead atoms. The smallest absolute Gasteiger partial charge is 0.272 e. The van der Waals surface area contributed by atoms with E-state index in [9.17, 15) is 4.79 Å². The lowest BCUT2D eigenvalue weighted by Crippen LogP contribution is -2.42. The molecule has 21 heavy (non-hydrogen) atoms. The minimum atomic E-state index is -0.174. The predicted octanol–water partition coefficient (Wildman–Crippen LogP) is 2.00. The Kier molecular flexibility index (Phi) is 3.92. The largest absolute Gasteiger partial charge is 0.368 e. The quantitative estimate of drug-likeness (QED) is 0.846. The molecule has 1 atom stereocenters. The highest BCUT2D eigenvalue weighted by Crippen LogP contribution is 2.21. The first-order valence-corrected chi connectivity index (χ1v) is 6.98. The number of morpholine rings is 1. The highest BCUT2D eigenvalue weighted by atomic mass is 16.5. The molecule has 0 spiro atoms. The number of nitrogens with zero attached hydrogens (tertiary/aromatic N) is 3. The van der Waals surface area contributed by atoms with Crippen LogP contribution in [0.4, 0.5) is 0 Å². The van der Waals surface area contributed by atoms with Crippen LogP contribution >= 0.6 is 0 Å². The topological polar surface area (TPSA) is 55.3 Å². The highest BCUT2D eigenvalue weighted by Gasteiger charge is 2.27. The van der Waals surface area contributed by atoms with Gasteiger partial charge in [0.05, 0.1) is 18.8 Å². The first-order chi connectivity index (χ1) is 10.2. The number of pyridine rings is 2. The molecule has 1 saturated heterocycles. The molecule has 1 fully saturated rings. The molecule has 0 N–H and O–H groups in total. The Hall–Kier alpha value is -2.27. The van der Waals surface area contributed by atoms with Crippen molar-refractivity contribution in [1.29, 1.82) is 0 Å². The number of amides is 1. The van der Waals surface area contributed by atoms with Crippen molar-refractivity contribution in [2.24, 2.45) is 0 Å². The summed E-state index contributed by atoms with van der Waals surface area (Å²) in [6, 6.07) is 9.31. The average Bonchev–Trinajstić information content (AvgIpc) is 2.56. The number of aryl methyl sites for hydroxylation is 1. The zero-order valence-electron chi connectivity index (χ0n) is 11.9. The van der Waals surface area contributed by atoms with Gasteiger partial charge in [0, 0.05) is 18.9 Å². The minimum Gasteiger partial charge on any atom is -0.368 e. The van der Waals surface area contributed by atoms with Crippen LogP contribution in [0.1, 0.15) is 27.8 Å². The maximum absolute atomic E-state index is 12.4. The van der Waals surface area contributed by atoms with Crippen molar-refractivity contribution < 1.29 is 9.53 Å². The Morgan fingerprint density at radius 2 is 2.19 bits per heavy atom. The van der Waals surface area contributed by atoms with E-state index in [2.05, 4.69) is 9.97 Å². The van der Waals surface area contributed by atoms with Gasteiger partial charge in [0.25, 0.3) is 5.91 Å². The van der Waals surface area contributed by atoms with Gasteiger partial charge in [0.1, 0.15) is 11.8 Å². The molecule has 3 rings (SSSR count). The summed E-state index contributed by atoms with van der Waals surface area (Å²) in [5.41, 5.74) is 2.44. The van der Waals surface area contributed by atoms with Crippen LogP contribution in [0.2, 0.25) is 0 Å². The second-order valence-electron chi connectivity index (χ2n) is 5.09. The normalized spacial score (nSPS) is 18.5. The van der Waals surface area contributed by atoms with E-state index in [-0.39, 0.29) is 12.0 Å². The molecular weight excluding hydrogens is 266 g/mol. The van der Waals surface area contributed by atoms with Crippen molar-refractivity contribution in [3.63, 3.8) is 0 Å². The first kappa shape index (κ1) is 13.7. The Bertz CT molecular complexity index is 613. The summed E-state index contributed by atoms with van der Waals surface area (Å²) in [6.07, 6.45) is 3.28. The van der Waals surface area contributed by atoms with Gasteiger partial charge in [-0.2, -0.15) is 0 Å². The van der Waals surface area contributed by atoms with E-state index in [1.54, 1.807) is 23.2 Å². The van der Waals surface area contributed by atoms with E-state index in [0.29, 0.717) is 25.4 Å². The van der Waals surface area contributed by atoms with Gasteiger partial charge in [0.2, 0.25) is 0 Å². The molecule has 0 radical (unpaired) electrons. The molecule has 5 heteroatoms. The molecule has 1 aliphatic heterocycles. The summed E-state index contributed by atoms with van der Waals surface area (Å²) in [7, 11) is 0. The Morgan fingerprint density at radius 3 is 2.90 bits per heavy atom. The van der Waals surface area contributed by atoms with Gasteiger partial charge in [-0.1, -0.05) is 12.1 Å². The molecule has 0 aliphatic carbocycles. The monoisotopic (exact) mass is 283 g/mol. The van der Waals surface area contributed by atoms with Crippen LogP contribution in [0, 0.1) is 6.92 Å². The van der Waals surface area contributed by atoms with E-state index in [4.69, 9.17) is 4.74 Å². The summed E-state index contributed by atoms with van der Waals surface area (Å²) < 4.78 is 5.74. The average molecular weight is 283 g/mol. The van der Waals surface area contributed by atoms with Crippen LogP contribution in [-0.4, -0.2) is 40.5 Å². The molecule has 5 nitrogen and oxygen atoms in total. The third kappa shape index (κ3) is 3.08. The second kappa shape index (κ2) is 6.01. The van der Waals surface area contributed by atoms with Crippen molar-refractivity contribution in [2.75, 3.05) is 19.7 Å². The van der Waals surface area contributed by atoms with Crippen LogP contribution in [-0.2, 0) is 4.74 Å². The second-order valence-corrected chi connectivity index (χ2v) is 5.09. The molecule has 108 valence electrons. The Balaban J connectivity index is 1.74. The van der Waals surface area contributed by atoms with Crippen LogP contribution < -0.4 is 0 Å². The van der Waals surface area contributed by atoms with Crippen LogP contribution in [0.3, 0.4) is 0 Å². The lowest BCUT2D eigenvalue weighted by Gasteiger charge is -2.32. The zero-order chi connectivity index (χ0) is 14.7. The van der Waals surface area contributed by atoms with Gasteiger partial charge in [-0.25, -0.2) is 0 Å². The van der Waals surface area contributed by atoms with E-state index in [1.165, 1.54) is 0 Å². The maximum Gasteiger partial charge on any atom is 0.272 e. The number of hydrogen-bond donors (Lipinski definition) is 0. The fourth-order valence-electron chi connectivity index (χ4n) is 2.33. The van der Waals surface area contributed by atoms with Gasteiger partial charge >= 0.3 is 0 Å². The van der Waals surface area contributed by atoms with Gasteiger partial charge < -0.3 is 9.64 Å². The molecule has 3 heterocycles. The molecule has 0 aromatic carbocycles. The summed E-state index contributed by atoms with van der Waals surface area (Å²) in [4.78, 5) is 22.7. The van der Waals surface area contributed by atoms with Crippen LogP contribution in [0.15, 0.2) is 42.7 Å². The number of hydrogen-bond acceptors (Lipinski definition) is 4. The molecule has 1 aliphatic rings. The molecule has 2 aromatic rings. The van der Waals surface area contributed by atoms with Crippen LogP contribution in [0.25, 0.3) is 0 Å². The molecular formula is C16H17N3O2. The lowest BCUT2D eigenvalue weighted by molar-refractivity contribution is -0.0249. The van der Waals surface area contributed by atoms with Gasteiger partial charge in [-0.15, -0.1) is 0 Å². The first-order valence-electron chi connectivity index (χ1n) is 6.98. The van der Waals surface area contributed by atoms with E-state index in [0.717, 1.165) is 11.3 Å². The summed E-state index contributed by atoms with van der Waals surface area (Å²) >= 11 is 0. The summed E-state index contributed by atoms with van der Waals surface area (Å²) in [5.74, 6) is -0.0592. The number of carbonyl (C=O) groups is 1. The fraction of sp³-hybridized carbons (Fsp3) is 0.312. The number of aromatic nitrogens is 2. The number of rotatable bonds is 2. The fourth-order valence-corrected chi connectivity index (χ4v) is 2.33. The van der Waals surface area contributed by atoms with Gasteiger partial charge in [-0.05, 0) is 30.7 Å². The van der Waals surface area contributed by atoms with Crippen molar-refractivity contribution >= 4 is 5.91 Å². The van der Waals surface area contributed by atoms with Crippen molar-refractivity contribution in [1.82, 2.24) is 14.9 Å². The zero-order valence-corrected chi connectivity index (χ0v) is 11.9. The molecule has 2 aromatic heterocycles. The van der Waals surface area contributed by atoms with Gasteiger partial charge in [-0.3, -0.25) is 14.8 Å². The van der Waals surface area contributed by atoms with E-state index in [1.807, 2.05) is 31.3 Å². The molecule has 1 unspecified atom stereocenters. The number of carbonyl (C=O) groups excluding carboxylic acids is 1. The number of ether oxygens (including phenoxy) is 1. The highest BCUT2D eigenvalue weighted by molar-refractivity contribution is 5.92. The summed E-state index contributed by atoms with van der Waals surface area (Å²) in [5, 5.41) is 0. The van der Waals surface area contributed by atoms with E-state index < -0.39 is 0 Å². The Labute approximate surface area is 123 Å². The maximum atomic E-state index is 12.4. The SMILES string of the molecule is Cc1ccc(C2CN(C(=O)c3ccccn3)CCO2)nc1. The Morgan fingerprint density at radius 1 is 1.29 bits per heavy atom. The lowest BCUT2D eigenvalue weighted by atomic mass is 10.1. The van der Waals surface area contributed by atoms with Gasteiger partial charge in [0.15, 0.2) is 0 Å². The third-order valence-electron chi connectivity index (χ3n) is 3.50. The standard InChI is InChI=1S/C16H17N3O2/c1-12-5-6-13(18-10-12)15-11-19(8-9-21-15)16(20)14-4-2-3-7-17-14/h2-7,10,15H,8-9,11H2,1H3. The third-order valence-corrected chi connectivity index (χ3v) is 3.50. The van der Waals surface area contributed by atoms with Crippen molar-refractivity contribution in [3.05, 3.63) is 59.7 Å². The summed E-state index contributed by atoms with van der Waals surface area (Å²) in [6.45, 7) is 3.59. The van der Waals surface area contributed by atoms with E-state index >= 15 is 0 Å². The molecule has 1 amide bonds. The van der Waals surface area contributed by atoms with Crippen molar-refractivity contribution in [3.8, 4) is 0 Å². The molecule has 0 saturated carbocycles. The minimum absolute atomic E-state index is 0.0592. The van der Waals surface area contributed by atoms with Crippen molar-refractivity contribution in [2.45, 2.75) is 13.0 Å².